The molecule has 0 N–H and O–H groups in total. The predicted octanol–water partition coefficient (Wildman–Crippen LogP) is 2.34. The van der Waals surface area contributed by atoms with Gasteiger partial charge in [-0.3, -0.25) is 0 Å². The molecule has 1 spiro atoms. The molecule has 2 aliphatic rings. The maximum absolute atomic E-state index is 5.84. The van der Waals surface area contributed by atoms with Crippen LogP contribution in [0.25, 0.3) is 0 Å². The highest BCUT2D eigenvalue weighted by molar-refractivity contribution is 4.82. The molecule has 1 aliphatic heterocycles. The Balaban J connectivity index is 1.72. The van der Waals surface area contributed by atoms with Crippen LogP contribution in [-0.4, -0.2) is 31.7 Å². The summed E-state index contributed by atoms with van der Waals surface area (Å²) in [5.41, 5.74) is 0. The van der Waals surface area contributed by atoms with Crippen molar-refractivity contribution in [1.82, 2.24) is 0 Å². The lowest BCUT2D eigenvalue weighted by Gasteiger charge is -2.35. The molecule has 0 bridgehead atoms. The molecule has 1 saturated heterocycles. The van der Waals surface area contributed by atoms with Crippen molar-refractivity contribution in [1.29, 1.82) is 0 Å². The quantitative estimate of drug-likeness (QED) is 0.721. The highest BCUT2D eigenvalue weighted by Crippen LogP contribution is 2.36. The van der Waals surface area contributed by atoms with Gasteiger partial charge >= 0.3 is 0 Å². The summed E-state index contributed by atoms with van der Waals surface area (Å²) < 4.78 is 17.2. The molecule has 0 unspecified atom stereocenters. The highest BCUT2D eigenvalue weighted by Gasteiger charge is 2.40. The van der Waals surface area contributed by atoms with Crippen molar-refractivity contribution in [3.05, 3.63) is 0 Å². The van der Waals surface area contributed by atoms with Gasteiger partial charge in [0.1, 0.15) is 0 Å². The average Bonchev–Trinajstić information content (AvgIpc) is 2.66. The van der Waals surface area contributed by atoms with Gasteiger partial charge in [0, 0.05) is 19.4 Å². The maximum Gasteiger partial charge on any atom is 0.168 e. The van der Waals surface area contributed by atoms with E-state index in [-0.39, 0.29) is 5.79 Å². The first-order valence-electron chi connectivity index (χ1n) is 6.10. The van der Waals surface area contributed by atoms with Gasteiger partial charge in [0.25, 0.3) is 0 Å². The van der Waals surface area contributed by atoms with E-state index >= 15 is 0 Å². The monoisotopic (exact) mass is 214 g/mol. The van der Waals surface area contributed by atoms with Gasteiger partial charge in [0.05, 0.1) is 19.3 Å². The van der Waals surface area contributed by atoms with Crippen LogP contribution in [0.5, 0.6) is 0 Å². The van der Waals surface area contributed by atoms with E-state index in [1.807, 2.05) is 0 Å². The Morgan fingerprint density at radius 1 is 1.20 bits per heavy atom. The highest BCUT2D eigenvalue weighted by atomic mass is 16.7. The molecule has 0 aromatic carbocycles. The lowest BCUT2D eigenvalue weighted by Crippen LogP contribution is -2.37. The Kier molecular flexibility index (Phi) is 3.65. The Bertz CT molecular complexity index is 187. The Labute approximate surface area is 92.1 Å². The van der Waals surface area contributed by atoms with E-state index in [1.165, 1.54) is 0 Å². The molecule has 0 amide bonds. The molecule has 1 heterocycles. The first-order chi connectivity index (χ1) is 7.20. The van der Waals surface area contributed by atoms with E-state index in [0.717, 1.165) is 45.5 Å². The van der Waals surface area contributed by atoms with Gasteiger partial charge in [-0.2, -0.15) is 0 Å². The minimum atomic E-state index is -0.238. The van der Waals surface area contributed by atoms with Gasteiger partial charge in [-0.15, -0.1) is 0 Å². The maximum atomic E-state index is 5.84. The summed E-state index contributed by atoms with van der Waals surface area (Å²) >= 11 is 0. The summed E-state index contributed by atoms with van der Waals surface area (Å²) in [7, 11) is 0. The van der Waals surface area contributed by atoms with Crippen LogP contribution in [0.2, 0.25) is 0 Å². The van der Waals surface area contributed by atoms with E-state index in [4.69, 9.17) is 14.2 Å². The molecule has 2 fully saturated rings. The SMILES string of the molecule is CC(C)COC1CCC2(CC1)OCCO2. The summed E-state index contributed by atoms with van der Waals surface area (Å²) in [6.07, 6.45) is 4.57. The second-order valence-electron chi connectivity index (χ2n) is 5.03. The van der Waals surface area contributed by atoms with Gasteiger partial charge in [-0.05, 0) is 18.8 Å². The molecule has 15 heavy (non-hydrogen) atoms. The third-order valence-electron chi connectivity index (χ3n) is 3.17. The van der Waals surface area contributed by atoms with Crippen molar-refractivity contribution in [3.63, 3.8) is 0 Å². The molecule has 2 rings (SSSR count). The zero-order valence-electron chi connectivity index (χ0n) is 9.83. The standard InChI is InChI=1S/C12H22O3/c1-10(2)9-13-11-3-5-12(6-4-11)14-7-8-15-12/h10-11H,3-9H2,1-2H3. The summed E-state index contributed by atoms with van der Waals surface area (Å²) in [6, 6.07) is 0. The van der Waals surface area contributed by atoms with Crippen molar-refractivity contribution >= 4 is 0 Å². The lowest BCUT2D eigenvalue weighted by molar-refractivity contribution is -0.192. The number of hydrogen-bond donors (Lipinski definition) is 0. The van der Waals surface area contributed by atoms with E-state index in [2.05, 4.69) is 13.8 Å². The topological polar surface area (TPSA) is 27.7 Å². The zero-order chi connectivity index (χ0) is 10.7. The van der Waals surface area contributed by atoms with Crippen LogP contribution < -0.4 is 0 Å². The van der Waals surface area contributed by atoms with Gasteiger partial charge in [-0.1, -0.05) is 13.8 Å². The third kappa shape index (κ3) is 2.92. The fraction of sp³-hybridized carbons (Fsp3) is 1.00. The lowest BCUT2D eigenvalue weighted by atomic mass is 9.92. The van der Waals surface area contributed by atoms with E-state index in [9.17, 15) is 0 Å². The largest absolute Gasteiger partial charge is 0.378 e. The fourth-order valence-corrected chi connectivity index (χ4v) is 2.31. The third-order valence-corrected chi connectivity index (χ3v) is 3.17. The minimum absolute atomic E-state index is 0.238. The van der Waals surface area contributed by atoms with Crippen molar-refractivity contribution in [2.24, 2.45) is 5.92 Å². The Morgan fingerprint density at radius 3 is 2.33 bits per heavy atom. The van der Waals surface area contributed by atoms with E-state index < -0.39 is 0 Å². The van der Waals surface area contributed by atoms with Crippen LogP contribution in [0.1, 0.15) is 39.5 Å². The molecule has 1 aliphatic carbocycles. The molecule has 0 aromatic heterocycles. The van der Waals surface area contributed by atoms with Crippen LogP contribution >= 0.6 is 0 Å². The first-order valence-corrected chi connectivity index (χ1v) is 6.10. The molecule has 0 radical (unpaired) electrons. The molecular formula is C12H22O3. The summed E-state index contributed by atoms with van der Waals surface area (Å²) in [5.74, 6) is 0.386. The molecule has 3 nitrogen and oxygen atoms in total. The number of ether oxygens (including phenoxy) is 3. The predicted molar refractivity (Wildman–Crippen MR) is 57.7 cm³/mol. The normalized spacial score (nSPS) is 26.6. The zero-order valence-corrected chi connectivity index (χ0v) is 9.83. The van der Waals surface area contributed by atoms with Crippen LogP contribution in [0.15, 0.2) is 0 Å². The summed E-state index contributed by atoms with van der Waals surface area (Å²) in [5, 5.41) is 0. The van der Waals surface area contributed by atoms with Crippen molar-refractivity contribution < 1.29 is 14.2 Å². The number of rotatable bonds is 3. The summed E-state index contributed by atoms with van der Waals surface area (Å²) in [6.45, 7) is 6.77. The second kappa shape index (κ2) is 4.81. The minimum Gasteiger partial charge on any atom is -0.378 e. The molecule has 88 valence electrons. The van der Waals surface area contributed by atoms with Gasteiger partial charge in [0.2, 0.25) is 0 Å². The van der Waals surface area contributed by atoms with Crippen LogP contribution in [-0.2, 0) is 14.2 Å². The average molecular weight is 214 g/mol. The van der Waals surface area contributed by atoms with Gasteiger partial charge in [0.15, 0.2) is 5.79 Å². The van der Waals surface area contributed by atoms with Gasteiger partial charge in [-0.25, -0.2) is 0 Å². The fourth-order valence-electron chi connectivity index (χ4n) is 2.31. The smallest absolute Gasteiger partial charge is 0.168 e. The molecule has 0 atom stereocenters. The van der Waals surface area contributed by atoms with Crippen LogP contribution in [0.3, 0.4) is 0 Å². The van der Waals surface area contributed by atoms with Crippen LogP contribution in [0.4, 0.5) is 0 Å². The van der Waals surface area contributed by atoms with E-state index in [0.29, 0.717) is 12.0 Å². The van der Waals surface area contributed by atoms with Crippen molar-refractivity contribution in [2.45, 2.75) is 51.4 Å². The van der Waals surface area contributed by atoms with Crippen LogP contribution in [0, 0.1) is 5.92 Å². The second-order valence-corrected chi connectivity index (χ2v) is 5.03. The molecule has 1 saturated carbocycles. The molecule has 0 aromatic rings. The van der Waals surface area contributed by atoms with E-state index in [1.54, 1.807) is 0 Å². The Morgan fingerprint density at radius 2 is 1.80 bits per heavy atom. The number of hydrogen-bond acceptors (Lipinski definition) is 3. The first kappa shape index (κ1) is 11.4. The molecular weight excluding hydrogens is 192 g/mol. The van der Waals surface area contributed by atoms with Crippen molar-refractivity contribution in [3.8, 4) is 0 Å². The van der Waals surface area contributed by atoms with Gasteiger partial charge < -0.3 is 14.2 Å². The molecule has 3 heteroatoms. The van der Waals surface area contributed by atoms with Crippen molar-refractivity contribution in [2.75, 3.05) is 19.8 Å². The summed E-state index contributed by atoms with van der Waals surface area (Å²) in [4.78, 5) is 0. The Hall–Kier alpha value is -0.120.